The van der Waals surface area contributed by atoms with Gasteiger partial charge in [-0.2, -0.15) is 0 Å². The normalized spacial score (nSPS) is 11.5. The highest BCUT2D eigenvalue weighted by atomic mass is 16.5. The lowest BCUT2D eigenvalue weighted by molar-refractivity contribution is -0.142. The van der Waals surface area contributed by atoms with Crippen molar-refractivity contribution < 1.29 is 24.2 Å². The molecule has 0 radical (unpaired) electrons. The third-order valence-corrected chi connectivity index (χ3v) is 3.09. The minimum absolute atomic E-state index is 0.0131. The van der Waals surface area contributed by atoms with Crippen molar-refractivity contribution in [2.24, 2.45) is 0 Å². The van der Waals surface area contributed by atoms with Gasteiger partial charge in [0.2, 0.25) is 0 Å². The quantitative estimate of drug-likeness (QED) is 0.741. The van der Waals surface area contributed by atoms with Crippen LogP contribution in [0.2, 0.25) is 0 Å². The molecule has 1 aromatic rings. The largest absolute Gasteiger partial charge is 0.480 e. The molecule has 0 unspecified atom stereocenters. The molecule has 0 aliphatic carbocycles. The van der Waals surface area contributed by atoms with Crippen molar-refractivity contribution >= 4 is 17.8 Å². The molecule has 21 heavy (non-hydrogen) atoms. The maximum absolute atomic E-state index is 12.0. The fourth-order valence-electron chi connectivity index (χ4n) is 1.76. The predicted octanol–water partition coefficient (Wildman–Crippen LogP) is 1.39. The standard InChI is InChI=1S/C15H19NO5/c1-3-10-4-6-11(7-5-10)14(18)16-12(15(19)20)8-9-13(17)21-2/h4-7,12H,3,8-9H2,1-2H3,(H,16,18)(H,19,20)/t12-/m1/s1. The number of hydrogen-bond acceptors (Lipinski definition) is 4. The Morgan fingerprint density at radius 3 is 2.33 bits per heavy atom. The van der Waals surface area contributed by atoms with Crippen LogP contribution in [0.1, 0.15) is 35.7 Å². The van der Waals surface area contributed by atoms with Crippen molar-refractivity contribution in [3.63, 3.8) is 0 Å². The molecule has 0 saturated carbocycles. The van der Waals surface area contributed by atoms with Crippen molar-refractivity contribution in [1.29, 1.82) is 0 Å². The first-order valence-electron chi connectivity index (χ1n) is 6.67. The van der Waals surface area contributed by atoms with Crippen molar-refractivity contribution in [3.05, 3.63) is 35.4 Å². The number of ether oxygens (including phenoxy) is 1. The molecule has 0 aromatic heterocycles. The first-order valence-corrected chi connectivity index (χ1v) is 6.67. The summed E-state index contributed by atoms with van der Waals surface area (Å²) in [7, 11) is 1.23. The number of carboxylic acid groups (broad SMARTS) is 1. The van der Waals surface area contributed by atoms with Gasteiger partial charge in [0, 0.05) is 12.0 Å². The number of rotatable bonds is 7. The van der Waals surface area contributed by atoms with Crippen molar-refractivity contribution in [3.8, 4) is 0 Å². The summed E-state index contributed by atoms with van der Waals surface area (Å²) in [5.74, 6) is -2.17. The number of hydrogen-bond donors (Lipinski definition) is 2. The Kier molecular flexibility index (Phi) is 6.39. The number of carbonyl (C=O) groups is 3. The van der Waals surface area contributed by atoms with Crippen LogP contribution in [0.4, 0.5) is 0 Å². The Morgan fingerprint density at radius 2 is 1.86 bits per heavy atom. The Bertz CT molecular complexity index is 509. The van der Waals surface area contributed by atoms with Gasteiger partial charge in [-0.1, -0.05) is 19.1 Å². The first kappa shape index (κ1) is 16.7. The average molecular weight is 293 g/mol. The zero-order chi connectivity index (χ0) is 15.8. The van der Waals surface area contributed by atoms with E-state index in [4.69, 9.17) is 5.11 Å². The Hall–Kier alpha value is -2.37. The Morgan fingerprint density at radius 1 is 1.24 bits per heavy atom. The molecule has 0 bridgehead atoms. The highest BCUT2D eigenvalue weighted by molar-refractivity contribution is 5.96. The van der Waals surface area contributed by atoms with Crippen molar-refractivity contribution in [2.75, 3.05) is 7.11 Å². The van der Waals surface area contributed by atoms with Crippen LogP contribution in [0, 0.1) is 0 Å². The summed E-state index contributed by atoms with van der Waals surface area (Å²) in [6, 6.07) is 5.81. The van der Waals surface area contributed by atoms with Gasteiger partial charge in [-0.15, -0.1) is 0 Å². The highest BCUT2D eigenvalue weighted by Crippen LogP contribution is 2.07. The van der Waals surface area contributed by atoms with E-state index in [2.05, 4.69) is 10.1 Å². The summed E-state index contributed by atoms with van der Waals surface area (Å²) >= 11 is 0. The molecule has 1 amide bonds. The lowest BCUT2D eigenvalue weighted by Crippen LogP contribution is -2.41. The predicted molar refractivity (Wildman–Crippen MR) is 76.0 cm³/mol. The fourth-order valence-corrected chi connectivity index (χ4v) is 1.76. The number of esters is 1. The second-order valence-corrected chi connectivity index (χ2v) is 4.53. The molecule has 1 aromatic carbocycles. The van der Waals surface area contributed by atoms with Crippen molar-refractivity contribution in [1.82, 2.24) is 5.32 Å². The summed E-state index contributed by atoms with van der Waals surface area (Å²) in [6.07, 6.45) is 0.780. The summed E-state index contributed by atoms with van der Waals surface area (Å²) in [5, 5.41) is 11.5. The molecule has 0 saturated heterocycles. The SMILES string of the molecule is CCc1ccc(C(=O)N[C@H](CCC(=O)OC)C(=O)O)cc1. The maximum Gasteiger partial charge on any atom is 0.326 e. The highest BCUT2D eigenvalue weighted by Gasteiger charge is 2.21. The number of amides is 1. The topological polar surface area (TPSA) is 92.7 Å². The van der Waals surface area contributed by atoms with Gasteiger partial charge in [-0.3, -0.25) is 9.59 Å². The van der Waals surface area contributed by atoms with Gasteiger partial charge in [0.1, 0.15) is 6.04 Å². The number of methoxy groups -OCH3 is 1. The molecule has 0 heterocycles. The minimum Gasteiger partial charge on any atom is -0.480 e. The van der Waals surface area contributed by atoms with Crippen LogP contribution in [0.3, 0.4) is 0 Å². The number of carbonyl (C=O) groups excluding carboxylic acids is 2. The van der Waals surface area contributed by atoms with E-state index in [1.165, 1.54) is 7.11 Å². The molecule has 6 heteroatoms. The van der Waals surface area contributed by atoms with Crippen LogP contribution in [0.15, 0.2) is 24.3 Å². The zero-order valence-corrected chi connectivity index (χ0v) is 12.1. The van der Waals surface area contributed by atoms with E-state index < -0.39 is 23.9 Å². The molecular formula is C15H19NO5. The molecule has 0 aliphatic rings. The summed E-state index contributed by atoms with van der Waals surface area (Å²) in [6.45, 7) is 2.00. The van der Waals surface area contributed by atoms with E-state index in [1.54, 1.807) is 12.1 Å². The number of nitrogens with one attached hydrogen (secondary N) is 1. The van der Waals surface area contributed by atoms with E-state index in [0.29, 0.717) is 5.56 Å². The lowest BCUT2D eigenvalue weighted by atomic mass is 10.1. The summed E-state index contributed by atoms with van der Waals surface area (Å²) < 4.78 is 4.45. The summed E-state index contributed by atoms with van der Waals surface area (Å²) in [5.41, 5.74) is 1.48. The molecule has 2 N–H and O–H groups in total. The van der Waals surface area contributed by atoms with E-state index in [0.717, 1.165) is 12.0 Å². The van der Waals surface area contributed by atoms with Gasteiger partial charge in [0.05, 0.1) is 7.11 Å². The van der Waals surface area contributed by atoms with E-state index >= 15 is 0 Å². The third kappa shape index (κ3) is 5.25. The van der Waals surface area contributed by atoms with Gasteiger partial charge in [-0.05, 0) is 30.5 Å². The minimum atomic E-state index is -1.18. The van der Waals surface area contributed by atoms with E-state index in [9.17, 15) is 14.4 Å². The number of aliphatic carboxylic acids is 1. The van der Waals surface area contributed by atoms with E-state index in [-0.39, 0.29) is 12.8 Å². The van der Waals surface area contributed by atoms with E-state index in [1.807, 2.05) is 19.1 Å². The van der Waals surface area contributed by atoms with Gasteiger partial charge in [0.25, 0.3) is 5.91 Å². The summed E-state index contributed by atoms with van der Waals surface area (Å²) in [4.78, 5) is 34.1. The van der Waals surface area contributed by atoms with Crippen LogP contribution in [0.5, 0.6) is 0 Å². The lowest BCUT2D eigenvalue weighted by Gasteiger charge is -2.14. The van der Waals surface area contributed by atoms with Gasteiger partial charge >= 0.3 is 11.9 Å². The van der Waals surface area contributed by atoms with Crippen LogP contribution >= 0.6 is 0 Å². The Labute approximate surface area is 123 Å². The molecule has 6 nitrogen and oxygen atoms in total. The zero-order valence-electron chi connectivity index (χ0n) is 12.1. The van der Waals surface area contributed by atoms with Crippen LogP contribution < -0.4 is 5.32 Å². The molecule has 0 aliphatic heterocycles. The smallest absolute Gasteiger partial charge is 0.326 e. The monoisotopic (exact) mass is 293 g/mol. The molecular weight excluding hydrogens is 274 g/mol. The second-order valence-electron chi connectivity index (χ2n) is 4.53. The molecule has 1 atom stereocenters. The van der Waals surface area contributed by atoms with Crippen LogP contribution in [0.25, 0.3) is 0 Å². The number of carboxylic acids is 1. The molecule has 0 spiro atoms. The average Bonchev–Trinajstić information content (AvgIpc) is 2.50. The third-order valence-electron chi connectivity index (χ3n) is 3.09. The van der Waals surface area contributed by atoms with Gasteiger partial charge in [-0.25, -0.2) is 4.79 Å². The van der Waals surface area contributed by atoms with Gasteiger partial charge < -0.3 is 15.2 Å². The second kappa shape index (κ2) is 8.04. The number of benzene rings is 1. The molecule has 0 fully saturated rings. The first-order chi connectivity index (χ1) is 9.97. The Balaban J connectivity index is 2.66. The van der Waals surface area contributed by atoms with Crippen LogP contribution in [-0.4, -0.2) is 36.1 Å². The van der Waals surface area contributed by atoms with Crippen LogP contribution in [-0.2, 0) is 20.7 Å². The molecule has 114 valence electrons. The number of aryl methyl sites for hydroxylation is 1. The molecule has 1 rings (SSSR count). The maximum atomic E-state index is 12.0. The van der Waals surface area contributed by atoms with Gasteiger partial charge in [0.15, 0.2) is 0 Å². The fraction of sp³-hybridized carbons (Fsp3) is 0.400. The van der Waals surface area contributed by atoms with Crippen molar-refractivity contribution in [2.45, 2.75) is 32.2 Å².